The van der Waals surface area contributed by atoms with E-state index in [9.17, 15) is 9.18 Å². The van der Waals surface area contributed by atoms with Gasteiger partial charge in [0.05, 0.1) is 17.8 Å². The number of ether oxygens (including phenoxy) is 1. The van der Waals surface area contributed by atoms with E-state index < -0.39 is 30.0 Å². The lowest BCUT2D eigenvalue weighted by molar-refractivity contribution is -0.136. The molecule has 6 heteroatoms. The van der Waals surface area contributed by atoms with Crippen molar-refractivity contribution in [3.8, 4) is 11.8 Å². The Morgan fingerprint density at radius 1 is 1.15 bits per heavy atom. The molecule has 2 rings (SSSR count). The number of allylic oxidation sites excluding steroid dienone is 1. The van der Waals surface area contributed by atoms with E-state index >= 15 is 0 Å². The molecule has 1 saturated heterocycles. The molecule has 1 aliphatic heterocycles. The van der Waals surface area contributed by atoms with E-state index in [0.717, 1.165) is 0 Å². The second kappa shape index (κ2) is 7.65. The third-order valence-electron chi connectivity index (χ3n) is 4.72. The first-order chi connectivity index (χ1) is 12.1. The van der Waals surface area contributed by atoms with Crippen LogP contribution in [0.4, 0.5) is 4.39 Å². The predicted octanol–water partition coefficient (Wildman–Crippen LogP) is 3.93. The fourth-order valence-corrected chi connectivity index (χ4v) is 2.36. The van der Waals surface area contributed by atoms with Crippen molar-refractivity contribution < 1.29 is 23.2 Å². The molecule has 138 valence electrons. The van der Waals surface area contributed by atoms with Crippen LogP contribution in [0.3, 0.4) is 0 Å². The molecule has 0 saturated carbocycles. The Kier molecular flexibility index (Phi) is 5.95. The van der Waals surface area contributed by atoms with Gasteiger partial charge in [0.2, 0.25) is 0 Å². The van der Waals surface area contributed by atoms with Gasteiger partial charge in [0.15, 0.2) is 0 Å². The lowest BCUT2D eigenvalue weighted by atomic mass is 9.83. The molecule has 1 fully saturated rings. The molecule has 26 heavy (non-hydrogen) atoms. The normalized spacial score (nSPS) is 18.7. The van der Waals surface area contributed by atoms with E-state index in [0.29, 0.717) is 16.7 Å². The molecule has 0 amide bonds. The molecule has 0 N–H and O–H groups in total. The first-order valence-corrected chi connectivity index (χ1v) is 8.58. The van der Waals surface area contributed by atoms with Gasteiger partial charge >= 0.3 is 13.1 Å². The summed E-state index contributed by atoms with van der Waals surface area (Å²) in [6, 6.07) is 6.94. The van der Waals surface area contributed by atoms with Crippen LogP contribution < -0.4 is 0 Å². The van der Waals surface area contributed by atoms with Crippen molar-refractivity contribution in [3.05, 3.63) is 41.1 Å². The van der Waals surface area contributed by atoms with Crippen molar-refractivity contribution in [1.82, 2.24) is 0 Å². The van der Waals surface area contributed by atoms with Crippen LogP contribution in [0.15, 0.2) is 30.0 Å². The standard InChI is InChI=1S/C20H24BFO4/c1-7-24-17(23)13-10-15-8-11-16(12-9-15)14(2)18(22)21-25-19(3,4)20(5,6)26-21/h8-9,11-12H,7H2,1-6H3. The molecule has 0 aromatic heterocycles. The topological polar surface area (TPSA) is 44.8 Å². The van der Waals surface area contributed by atoms with E-state index in [2.05, 4.69) is 11.8 Å². The van der Waals surface area contributed by atoms with Gasteiger partial charge in [-0.25, -0.2) is 9.18 Å². The SMILES string of the molecule is CCOC(=O)C#Cc1ccc(C(C)=C(F)B2OC(C)(C)C(C)(C)O2)cc1. The number of halogens is 1. The van der Waals surface area contributed by atoms with Crippen molar-refractivity contribution in [2.45, 2.75) is 52.7 Å². The quantitative estimate of drug-likeness (QED) is 0.467. The van der Waals surface area contributed by atoms with E-state index in [1.165, 1.54) is 0 Å². The average Bonchev–Trinajstić information content (AvgIpc) is 2.80. The molecule has 1 aliphatic rings. The monoisotopic (exact) mass is 358 g/mol. The summed E-state index contributed by atoms with van der Waals surface area (Å²) in [6.45, 7) is 11.2. The smallest absolute Gasteiger partial charge is 0.456 e. The molecule has 0 bridgehead atoms. The Balaban J connectivity index is 2.18. The number of carbonyl (C=O) groups is 1. The van der Waals surface area contributed by atoms with Crippen LogP contribution in [0, 0.1) is 11.8 Å². The van der Waals surface area contributed by atoms with Gasteiger partial charge in [-0.2, -0.15) is 0 Å². The van der Waals surface area contributed by atoms with Crippen LogP contribution in [0.1, 0.15) is 52.7 Å². The van der Waals surface area contributed by atoms with Crippen molar-refractivity contribution >= 4 is 18.7 Å². The molecule has 0 spiro atoms. The van der Waals surface area contributed by atoms with Crippen molar-refractivity contribution in [2.75, 3.05) is 6.61 Å². The van der Waals surface area contributed by atoms with Gasteiger partial charge in [-0.3, -0.25) is 0 Å². The fraction of sp³-hybridized carbons (Fsp3) is 0.450. The summed E-state index contributed by atoms with van der Waals surface area (Å²) in [5.41, 5.74) is 0.135. The highest BCUT2D eigenvalue weighted by molar-refractivity contribution is 6.55. The summed E-state index contributed by atoms with van der Waals surface area (Å²) in [5.74, 6) is 4.54. The Hall–Kier alpha value is -2.10. The molecule has 0 unspecified atom stereocenters. The lowest BCUT2D eigenvalue weighted by Crippen LogP contribution is -2.41. The molecule has 0 radical (unpaired) electrons. The minimum Gasteiger partial charge on any atom is -0.456 e. The maximum Gasteiger partial charge on any atom is 0.525 e. The van der Waals surface area contributed by atoms with Crippen molar-refractivity contribution in [2.24, 2.45) is 0 Å². The zero-order valence-electron chi connectivity index (χ0n) is 16.1. The van der Waals surface area contributed by atoms with Gasteiger partial charge < -0.3 is 14.0 Å². The van der Waals surface area contributed by atoms with Gasteiger partial charge in [0.25, 0.3) is 0 Å². The summed E-state index contributed by atoms with van der Waals surface area (Å²) >= 11 is 0. The highest BCUT2D eigenvalue weighted by Crippen LogP contribution is 2.40. The summed E-state index contributed by atoms with van der Waals surface area (Å²) < 4.78 is 31.1. The number of esters is 1. The second-order valence-corrected chi connectivity index (χ2v) is 7.11. The largest absolute Gasteiger partial charge is 0.525 e. The van der Waals surface area contributed by atoms with Crippen molar-refractivity contribution in [1.29, 1.82) is 0 Å². The molecule has 1 aromatic carbocycles. The minimum atomic E-state index is -1.02. The molecular weight excluding hydrogens is 334 g/mol. The second-order valence-electron chi connectivity index (χ2n) is 7.11. The van der Waals surface area contributed by atoms with Gasteiger partial charge in [-0.1, -0.05) is 18.1 Å². The number of benzene rings is 1. The summed E-state index contributed by atoms with van der Waals surface area (Å²) in [4.78, 5) is 11.3. The van der Waals surface area contributed by atoms with E-state index in [4.69, 9.17) is 14.0 Å². The fourth-order valence-electron chi connectivity index (χ4n) is 2.36. The molecule has 1 aromatic rings. The summed E-state index contributed by atoms with van der Waals surface area (Å²) in [5, 5.41) is 0. The van der Waals surface area contributed by atoms with Gasteiger partial charge in [-0.05, 0) is 64.8 Å². The van der Waals surface area contributed by atoms with E-state index in [1.807, 2.05) is 27.7 Å². The highest BCUT2D eigenvalue weighted by Gasteiger charge is 2.53. The maximum atomic E-state index is 14.9. The average molecular weight is 358 g/mol. The van der Waals surface area contributed by atoms with Gasteiger partial charge in [-0.15, -0.1) is 0 Å². The van der Waals surface area contributed by atoms with Gasteiger partial charge in [0.1, 0.15) is 5.73 Å². The third kappa shape index (κ3) is 4.35. The Bertz CT molecular complexity index is 753. The predicted molar refractivity (Wildman–Crippen MR) is 99.7 cm³/mol. The van der Waals surface area contributed by atoms with Gasteiger partial charge in [0, 0.05) is 11.5 Å². The third-order valence-corrected chi connectivity index (χ3v) is 4.72. The zero-order valence-corrected chi connectivity index (χ0v) is 16.1. The number of hydrogen-bond donors (Lipinski definition) is 0. The maximum absolute atomic E-state index is 14.9. The van der Waals surface area contributed by atoms with Crippen LogP contribution in [0.25, 0.3) is 5.57 Å². The number of hydrogen-bond acceptors (Lipinski definition) is 4. The van der Waals surface area contributed by atoms with Crippen LogP contribution in [-0.4, -0.2) is 30.9 Å². The first-order valence-electron chi connectivity index (χ1n) is 8.58. The van der Waals surface area contributed by atoms with Crippen LogP contribution >= 0.6 is 0 Å². The molecule has 4 nitrogen and oxygen atoms in total. The molecular formula is C20H24BFO4. The molecule has 0 atom stereocenters. The highest BCUT2D eigenvalue weighted by atomic mass is 19.1. The van der Waals surface area contributed by atoms with E-state index in [-0.39, 0.29) is 6.61 Å². The number of rotatable bonds is 3. The van der Waals surface area contributed by atoms with Crippen LogP contribution in [-0.2, 0) is 18.8 Å². The Morgan fingerprint density at radius 2 is 1.69 bits per heavy atom. The summed E-state index contributed by atoms with van der Waals surface area (Å²) in [6.07, 6.45) is 0. The summed E-state index contributed by atoms with van der Waals surface area (Å²) in [7, 11) is -1.02. The molecule has 0 aliphatic carbocycles. The lowest BCUT2D eigenvalue weighted by Gasteiger charge is -2.32. The molecule has 1 heterocycles. The van der Waals surface area contributed by atoms with Crippen molar-refractivity contribution in [3.63, 3.8) is 0 Å². The zero-order chi connectivity index (χ0) is 19.5. The Labute approximate surface area is 154 Å². The Morgan fingerprint density at radius 3 is 2.19 bits per heavy atom. The van der Waals surface area contributed by atoms with Crippen LogP contribution in [0.2, 0.25) is 0 Å². The first kappa shape index (κ1) is 20.2. The number of carbonyl (C=O) groups excluding carboxylic acids is 1. The minimum absolute atomic E-state index is 0.286. The van der Waals surface area contributed by atoms with Crippen LogP contribution in [0.5, 0.6) is 0 Å². The van der Waals surface area contributed by atoms with E-state index in [1.54, 1.807) is 38.1 Å².